The summed E-state index contributed by atoms with van der Waals surface area (Å²) in [6.07, 6.45) is 1.39. The van der Waals surface area contributed by atoms with Crippen LogP contribution < -0.4 is 19.0 Å². The van der Waals surface area contributed by atoms with Crippen molar-refractivity contribution in [2.75, 3.05) is 20.8 Å². The predicted octanol–water partition coefficient (Wildman–Crippen LogP) is 2.00. The molecule has 144 valence electrons. The molecule has 0 amide bonds. The quantitative estimate of drug-likeness (QED) is 0.676. The molecule has 1 heterocycles. The normalized spacial score (nSPS) is 17.7. The molecule has 8 nitrogen and oxygen atoms in total. The Hall–Kier alpha value is -2.49. The lowest BCUT2D eigenvalue weighted by molar-refractivity contribution is 0.359. The number of aromatic hydroxyl groups is 1. The first-order chi connectivity index (χ1) is 12.8. The van der Waals surface area contributed by atoms with Crippen LogP contribution in [-0.2, 0) is 23.2 Å². The maximum atomic E-state index is 11.2. The van der Waals surface area contributed by atoms with E-state index in [4.69, 9.17) is 14.0 Å². The summed E-state index contributed by atoms with van der Waals surface area (Å²) in [7, 11) is -1.83. The molecular weight excluding hydrogens is 374 g/mol. The Kier molecular flexibility index (Phi) is 4.17. The van der Waals surface area contributed by atoms with Crippen LogP contribution in [0, 0.1) is 0 Å². The number of methoxy groups -OCH3 is 2. The molecule has 0 radical (unpaired) electrons. The Labute approximate surface area is 156 Å². The van der Waals surface area contributed by atoms with E-state index in [0.29, 0.717) is 23.3 Å². The zero-order chi connectivity index (χ0) is 19.3. The van der Waals surface area contributed by atoms with E-state index in [1.165, 1.54) is 20.3 Å². The van der Waals surface area contributed by atoms with E-state index in [0.717, 1.165) is 29.7 Å². The second-order valence-electron chi connectivity index (χ2n) is 6.51. The maximum Gasteiger partial charge on any atom is 0.446 e. The Morgan fingerprint density at radius 2 is 1.78 bits per heavy atom. The highest BCUT2D eigenvalue weighted by Crippen LogP contribution is 2.52. The minimum atomic E-state index is -4.70. The lowest BCUT2D eigenvalue weighted by Crippen LogP contribution is -2.33. The molecule has 1 aliphatic heterocycles. The molecule has 27 heavy (non-hydrogen) atoms. The summed E-state index contributed by atoms with van der Waals surface area (Å²) >= 11 is 0. The van der Waals surface area contributed by atoms with E-state index in [-0.39, 0.29) is 23.3 Å². The number of ether oxygens (including phenoxy) is 2. The van der Waals surface area contributed by atoms with Crippen LogP contribution in [0.15, 0.2) is 18.2 Å². The zero-order valence-corrected chi connectivity index (χ0v) is 15.6. The number of phenolic OH excluding ortho intramolecular Hbond substituents is 1. The average molecular weight is 393 g/mol. The Morgan fingerprint density at radius 3 is 2.44 bits per heavy atom. The molecule has 0 spiro atoms. The van der Waals surface area contributed by atoms with Crippen molar-refractivity contribution in [1.82, 2.24) is 5.32 Å². The third-order valence-corrected chi connectivity index (χ3v) is 5.41. The van der Waals surface area contributed by atoms with Gasteiger partial charge < -0.3 is 24.1 Å². The fourth-order valence-electron chi connectivity index (χ4n) is 3.97. The Morgan fingerprint density at radius 1 is 1.07 bits per heavy atom. The first-order valence-corrected chi connectivity index (χ1v) is 9.73. The van der Waals surface area contributed by atoms with E-state index in [9.17, 15) is 13.5 Å². The van der Waals surface area contributed by atoms with Gasteiger partial charge in [-0.1, -0.05) is 0 Å². The van der Waals surface area contributed by atoms with Gasteiger partial charge in [0.05, 0.1) is 14.2 Å². The summed E-state index contributed by atoms with van der Waals surface area (Å²) < 4.78 is 46.6. The van der Waals surface area contributed by atoms with E-state index >= 15 is 0 Å². The number of hydrogen-bond donors (Lipinski definition) is 3. The molecule has 2 aliphatic rings. The van der Waals surface area contributed by atoms with Gasteiger partial charge in [0.2, 0.25) is 0 Å². The lowest BCUT2D eigenvalue weighted by atomic mass is 9.77. The minimum Gasteiger partial charge on any atom is -0.504 e. The highest BCUT2D eigenvalue weighted by molar-refractivity contribution is 7.81. The van der Waals surface area contributed by atoms with Gasteiger partial charge in [0, 0.05) is 11.6 Å². The molecule has 0 fully saturated rings. The van der Waals surface area contributed by atoms with Gasteiger partial charge in [-0.05, 0) is 59.8 Å². The molecule has 0 bridgehead atoms. The molecule has 0 aromatic heterocycles. The summed E-state index contributed by atoms with van der Waals surface area (Å²) in [5.41, 5.74) is 4.22. The smallest absolute Gasteiger partial charge is 0.446 e. The lowest BCUT2D eigenvalue weighted by Gasteiger charge is -2.35. The standard InChI is InChI=1S/C18H19NO7S/c1-24-13-8-11-10(7-14(13)26-27(21,22)23)5-12-16-9(3-4-19-12)6-15(25-2)18(20)17(11)16/h6-8,12,19-20H,3-5H2,1-2H3,(H,21,22,23)/t12-/m1/s1. The van der Waals surface area contributed by atoms with Crippen LogP contribution in [-0.4, -0.2) is 38.8 Å². The number of hydrogen-bond acceptors (Lipinski definition) is 7. The summed E-state index contributed by atoms with van der Waals surface area (Å²) in [6.45, 7) is 0.783. The summed E-state index contributed by atoms with van der Waals surface area (Å²) in [5, 5.41) is 14.2. The van der Waals surface area contributed by atoms with Crippen molar-refractivity contribution in [3.8, 4) is 34.1 Å². The SMILES string of the molecule is COc1cc2c(cc1OS(=O)(=O)O)C[C@H]1NCCc3cc(OC)c(O)c-2c31. The van der Waals surface area contributed by atoms with Crippen molar-refractivity contribution in [3.05, 3.63) is 34.9 Å². The van der Waals surface area contributed by atoms with Gasteiger partial charge in [-0.15, -0.1) is 0 Å². The van der Waals surface area contributed by atoms with Gasteiger partial charge in [-0.25, -0.2) is 0 Å². The first kappa shape index (κ1) is 17.9. The van der Waals surface area contributed by atoms with E-state index < -0.39 is 10.4 Å². The van der Waals surface area contributed by atoms with Gasteiger partial charge >= 0.3 is 10.4 Å². The fraction of sp³-hybridized carbons (Fsp3) is 0.333. The Bertz CT molecular complexity index is 1030. The van der Waals surface area contributed by atoms with Gasteiger partial charge in [-0.3, -0.25) is 4.55 Å². The molecule has 9 heteroatoms. The average Bonchev–Trinajstić information content (AvgIpc) is 2.61. The van der Waals surface area contributed by atoms with Crippen LogP contribution in [0.4, 0.5) is 0 Å². The predicted molar refractivity (Wildman–Crippen MR) is 97.0 cm³/mol. The van der Waals surface area contributed by atoms with Crippen LogP contribution in [0.5, 0.6) is 23.0 Å². The summed E-state index contributed by atoms with van der Waals surface area (Å²) in [6, 6.07) is 4.95. The third-order valence-electron chi connectivity index (χ3n) is 5.02. The molecule has 1 atom stereocenters. The molecule has 0 saturated heterocycles. The fourth-order valence-corrected chi connectivity index (χ4v) is 4.32. The van der Waals surface area contributed by atoms with E-state index in [2.05, 4.69) is 9.50 Å². The van der Waals surface area contributed by atoms with Crippen LogP contribution in [0.1, 0.15) is 22.7 Å². The van der Waals surface area contributed by atoms with Crippen LogP contribution in [0.2, 0.25) is 0 Å². The molecule has 0 saturated carbocycles. The number of benzene rings is 2. The molecule has 2 aromatic carbocycles. The molecule has 2 aromatic rings. The van der Waals surface area contributed by atoms with Crippen molar-refractivity contribution in [3.63, 3.8) is 0 Å². The van der Waals surface area contributed by atoms with Crippen LogP contribution in [0.25, 0.3) is 11.1 Å². The molecule has 3 N–H and O–H groups in total. The zero-order valence-electron chi connectivity index (χ0n) is 14.8. The van der Waals surface area contributed by atoms with Gasteiger partial charge in [0.15, 0.2) is 23.0 Å². The van der Waals surface area contributed by atoms with Crippen molar-refractivity contribution < 1.29 is 31.7 Å². The number of nitrogens with one attached hydrogen (secondary N) is 1. The highest BCUT2D eigenvalue weighted by Gasteiger charge is 2.34. The van der Waals surface area contributed by atoms with E-state index in [1.54, 1.807) is 6.07 Å². The molecule has 4 rings (SSSR count). The third kappa shape index (κ3) is 2.97. The summed E-state index contributed by atoms with van der Waals surface area (Å²) in [5.74, 6) is 0.427. The van der Waals surface area contributed by atoms with Crippen molar-refractivity contribution in [1.29, 1.82) is 0 Å². The van der Waals surface area contributed by atoms with Gasteiger partial charge in [-0.2, -0.15) is 8.42 Å². The van der Waals surface area contributed by atoms with Crippen molar-refractivity contribution in [2.45, 2.75) is 18.9 Å². The maximum absolute atomic E-state index is 11.2. The summed E-state index contributed by atoms with van der Waals surface area (Å²) in [4.78, 5) is 0. The number of fused-ring (bicyclic) bond motifs is 2. The molecule has 0 unspecified atom stereocenters. The topological polar surface area (TPSA) is 114 Å². The number of rotatable bonds is 4. The highest BCUT2D eigenvalue weighted by atomic mass is 32.3. The molecule has 1 aliphatic carbocycles. The largest absolute Gasteiger partial charge is 0.504 e. The first-order valence-electron chi connectivity index (χ1n) is 8.36. The van der Waals surface area contributed by atoms with Gasteiger partial charge in [0.1, 0.15) is 0 Å². The second kappa shape index (κ2) is 6.29. The van der Waals surface area contributed by atoms with Crippen LogP contribution in [0.3, 0.4) is 0 Å². The van der Waals surface area contributed by atoms with Crippen LogP contribution >= 0.6 is 0 Å². The Balaban J connectivity index is 1.98. The van der Waals surface area contributed by atoms with Gasteiger partial charge in [0.25, 0.3) is 0 Å². The second-order valence-corrected chi connectivity index (χ2v) is 7.53. The minimum absolute atomic E-state index is 0.0244. The van der Waals surface area contributed by atoms with E-state index in [1.807, 2.05) is 6.07 Å². The van der Waals surface area contributed by atoms with Crippen molar-refractivity contribution >= 4 is 10.4 Å². The molecular formula is C18H19NO7S. The number of phenols is 1. The van der Waals surface area contributed by atoms with Crippen molar-refractivity contribution in [2.24, 2.45) is 0 Å². The monoisotopic (exact) mass is 393 g/mol.